The van der Waals surface area contributed by atoms with E-state index in [0.717, 1.165) is 11.0 Å². The summed E-state index contributed by atoms with van der Waals surface area (Å²) in [5.74, 6) is -2.33. The van der Waals surface area contributed by atoms with Crippen LogP contribution in [0.5, 0.6) is 0 Å². The van der Waals surface area contributed by atoms with Crippen molar-refractivity contribution in [2.24, 2.45) is 0 Å². The number of aromatic amines is 1. The fourth-order valence-corrected chi connectivity index (χ4v) is 2.27. The minimum absolute atomic E-state index is 0.0205. The van der Waals surface area contributed by atoms with E-state index in [2.05, 4.69) is 15.3 Å². The Morgan fingerprint density at radius 3 is 2.50 bits per heavy atom. The maximum atomic E-state index is 12.2. The summed E-state index contributed by atoms with van der Waals surface area (Å²) in [4.78, 5) is 30.0. The molecule has 0 fully saturated rings. The molecule has 0 radical (unpaired) electrons. The van der Waals surface area contributed by atoms with Gasteiger partial charge in [-0.1, -0.05) is 12.1 Å². The Bertz CT molecular complexity index is 949. The molecule has 3 rings (SSSR count). The molecular formula is C17H13F3N4O2. The van der Waals surface area contributed by atoms with Crippen molar-refractivity contribution < 1.29 is 22.8 Å². The van der Waals surface area contributed by atoms with E-state index in [9.17, 15) is 22.8 Å². The van der Waals surface area contributed by atoms with Crippen LogP contribution in [0.4, 0.5) is 18.9 Å². The third-order valence-electron chi connectivity index (χ3n) is 3.60. The number of benzene rings is 2. The normalized spacial score (nSPS) is 11.3. The van der Waals surface area contributed by atoms with Crippen molar-refractivity contribution >= 4 is 28.5 Å². The van der Waals surface area contributed by atoms with Crippen molar-refractivity contribution in [2.75, 3.05) is 5.32 Å². The van der Waals surface area contributed by atoms with Gasteiger partial charge in [0.1, 0.15) is 0 Å². The molecule has 1 aromatic heterocycles. The first-order valence-electron chi connectivity index (χ1n) is 7.51. The lowest BCUT2D eigenvalue weighted by molar-refractivity contribution is -0.167. The lowest BCUT2D eigenvalue weighted by atomic mass is 10.1. The van der Waals surface area contributed by atoms with E-state index in [-0.39, 0.29) is 18.1 Å². The van der Waals surface area contributed by atoms with Crippen LogP contribution in [0, 0.1) is 0 Å². The summed E-state index contributed by atoms with van der Waals surface area (Å²) >= 11 is 0. The average Bonchev–Trinajstić information content (AvgIpc) is 3.07. The average molecular weight is 362 g/mol. The molecule has 0 bridgehead atoms. The number of fused-ring (bicyclic) bond motifs is 1. The number of amides is 2. The third-order valence-corrected chi connectivity index (χ3v) is 3.60. The Hall–Kier alpha value is -3.36. The van der Waals surface area contributed by atoms with Crippen molar-refractivity contribution in [2.45, 2.75) is 12.7 Å². The molecule has 26 heavy (non-hydrogen) atoms. The second kappa shape index (κ2) is 6.87. The highest BCUT2D eigenvalue weighted by molar-refractivity contribution is 5.97. The highest BCUT2D eigenvalue weighted by Crippen LogP contribution is 2.18. The zero-order valence-electron chi connectivity index (χ0n) is 13.2. The molecule has 9 heteroatoms. The van der Waals surface area contributed by atoms with Gasteiger partial charge in [-0.05, 0) is 35.9 Å². The van der Waals surface area contributed by atoms with Crippen LogP contribution in [-0.4, -0.2) is 28.0 Å². The maximum Gasteiger partial charge on any atom is 0.471 e. The molecule has 0 spiro atoms. The van der Waals surface area contributed by atoms with Gasteiger partial charge >= 0.3 is 12.1 Å². The molecule has 0 saturated heterocycles. The minimum Gasteiger partial charge on any atom is -0.348 e. The number of aromatic nitrogens is 2. The second-order valence-electron chi connectivity index (χ2n) is 5.47. The van der Waals surface area contributed by atoms with E-state index < -0.39 is 12.1 Å². The number of alkyl halides is 3. The van der Waals surface area contributed by atoms with Crippen LogP contribution in [0.15, 0.2) is 48.8 Å². The van der Waals surface area contributed by atoms with E-state index in [0.29, 0.717) is 11.1 Å². The summed E-state index contributed by atoms with van der Waals surface area (Å²) < 4.78 is 36.6. The molecule has 6 nitrogen and oxygen atoms in total. The Morgan fingerprint density at radius 1 is 1.08 bits per heavy atom. The largest absolute Gasteiger partial charge is 0.471 e. The van der Waals surface area contributed by atoms with E-state index in [1.165, 1.54) is 30.6 Å². The van der Waals surface area contributed by atoms with Gasteiger partial charge in [0.25, 0.3) is 5.91 Å². The molecule has 0 saturated carbocycles. The molecular weight excluding hydrogens is 349 g/mol. The number of halogens is 3. The van der Waals surface area contributed by atoms with E-state index in [1.54, 1.807) is 23.5 Å². The number of nitrogens with one attached hydrogen (secondary N) is 3. The minimum atomic E-state index is -4.94. The standard InChI is InChI=1S/C17H13F3N4O2/c18-17(19,20)16(26)24-12-4-1-10(2-5-12)8-21-15(25)11-3-6-13-14(7-11)23-9-22-13/h1-7,9H,8H2,(H,21,25)(H,22,23)(H,24,26). The van der Waals surface area contributed by atoms with Gasteiger partial charge in [-0.25, -0.2) is 4.98 Å². The molecule has 0 atom stereocenters. The van der Waals surface area contributed by atoms with Gasteiger partial charge in [-0.15, -0.1) is 0 Å². The molecule has 2 aromatic carbocycles. The van der Waals surface area contributed by atoms with Crippen LogP contribution in [0.25, 0.3) is 11.0 Å². The number of anilines is 1. The number of hydrogen-bond donors (Lipinski definition) is 3. The lowest BCUT2D eigenvalue weighted by Gasteiger charge is -2.09. The van der Waals surface area contributed by atoms with E-state index in [1.807, 2.05) is 0 Å². The van der Waals surface area contributed by atoms with Gasteiger partial charge in [-0.3, -0.25) is 9.59 Å². The molecule has 3 N–H and O–H groups in total. The van der Waals surface area contributed by atoms with Crippen LogP contribution in [-0.2, 0) is 11.3 Å². The smallest absolute Gasteiger partial charge is 0.348 e. The SMILES string of the molecule is O=C(NCc1ccc(NC(=O)C(F)(F)F)cc1)c1ccc2nc[nH]c2c1. The fourth-order valence-electron chi connectivity index (χ4n) is 2.27. The van der Waals surface area contributed by atoms with Crippen molar-refractivity contribution in [3.05, 3.63) is 59.9 Å². The van der Waals surface area contributed by atoms with Gasteiger partial charge in [0, 0.05) is 17.8 Å². The summed E-state index contributed by atoms with van der Waals surface area (Å²) in [5, 5.41) is 4.47. The summed E-state index contributed by atoms with van der Waals surface area (Å²) in [7, 11) is 0. The Balaban J connectivity index is 1.59. The van der Waals surface area contributed by atoms with Crippen molar-refractivity contribution in [3.8, 4) is 0 Å². The number of hydrogen-bond acceptors (Lipinski definition) is 3. The summed E-state index contributed by atoms with van der Waals surface area (Å²) in [6, 6.07) is 10.7. The van der Waals surface area contributed by atoms with Gasteiger partial charge < -0.3 is 15.6 Å². The zero-order valence-corrected chi connectivity index (χ0v) is 13.2. The van der Waals surface area contributed by atoms with Gasteiger partial charge in [0.2, 0.25) is 0 Å². The van der Waals surface area contributed by atoms with Crippen LogP contribution in [0.1, 0.15) is 15.9 Å². The van der Waals surface area contributed by atoms with Crippen LogP contribution in [0.2, 0.25) is 0 Å². The van der Waals surface area contributed by atoms with Gasteiger partial charge in [-0.2, -0.15) is 13.2 Å². The fraction of sp³-hybridized carbons (Fsp3) is 0.118. The molecule has 3 aromatic rings. The van der Waals surface area contributed by atoms with Crippen molar-refractivity contribution in [3.63, 3.8) is 0 Å². The molecule has 0 aliphatic rings. The summed E-state index contributed by atoms with van der Waals surface area (Å²) in [6.45, 7) is 0.188. The topological polar surface area (TPSA) is 86.9 Å². The van der Waals surface area contributed by atoms with Crippen molar-refractivity contribution in [1.29, 1.82) is 0 Å². The maximum absolute atomic E-state index is 12.2. The Labute approximate surface area is 145 Å². The lowest BCUT2D eigenvalue weighted by Crippen LogP contribution is -2.29. The van der Waals surface area contributed by atoms with Crippen LogP contribution >= 0.6 is 0 Å². The molecule has 2 amide bonds. The number of imidazole rings is 1. The first-order valence-corrected chi connectivity index (χ1v) is 7.51. The number of H-pyrrole nitrogens is 1. The predicted molar refractivity (Wildman–Crippen MR) is 88.4 cm³/mol. The number of carbonyl (C=O) groups is 2. The quantitative estimate of drug-likeness (QED) is 0.667. The molecule has 0 aliphatic heterocycles. The predicted octanol–water partition coefficient (Wildman–Crippen LogP) is 2.99. The third kappa shape index (κ3) is 4.00. The van der Waals surface area contributed by atoms with E-state index >= 15 is 0 Å². The highest BCUT2D eigenvalue weighted by Gasteiger charge is 2.38. The molecule has 0 aliphatic carbocycles. The van der Waals surface area contributed by atoms with E-state index in [4.69, 9.17) is 0 Å². The second-order valence-corrected chi connectivity index (χ2v) is 5.47. The summed E-state index contributed by atoms with van der Waals surface area (Å²) in [6.07, 6.45) is -3.41. The monoisotopic (exact) mass is 362 g/mol. The number of rotatable bonds is 4. The van der Waals surface area contributed by atoms with Gasteiger partial charge in [0.15, 0.2) is 0 Å². The molecule has 0 unspecified atom stereocenters. The zero-order chi connectivity index (χ0) is 18.7. The van der Waals surface area contributed by atoms with Crippen LogP contribution in [0.3, 0.4) is 0 Å². The first-order chi connectivity index (χ1) is 12.3. The first kappa shape index (κ1) is 17.5. The Kier molecular flexibility index (Phi) is 4.61. The van der Waals surface area contributed by atoms with Crippen LogP contribution < -0.4 is 10.6 Å². The summed E-state index contributed by atoms with van der Waals surface area (Å²) in [5.41, 5.74) is 2.63. The van der Waals surface area contributed by atoms with Gasteiger partial charge in [0.05, 0.1) is 17.4 Å². The molecule has 1 heterocycles. The van der Waals surface area contributed by atoms with Crippen molar-refractivity contribution in [1.82, 2.24) is 15.3 Å². The number of nitrogens with zero attached hydrogens (tertiary/aromatic N) is 1. The number of carbonyl (C=O) groups excluding carboxylic acids is 2. The highest BCUT2D eigenvalue weighted by atomic mass is 19.4. The molecule has 134 valence electrons. The Morgan fingerprint density at radius 2 is 1.81 bits per heavy atom.